The van der Waals surface area contributed by atoms with E-state index in [-0.39, 0.29) is 11.5 Å². The van der Waals surface area contributed by atoms with Crippen molar-refractivity contribution in [2.45, 2.75) is 6.92 Å². The summed E-state index contributed by atoms with van der Waals surface area (Å²) in [4.78, 5) is 12.6. The fourth-order valence-electron chi connectivity index (χ4n) is 2.30. The molecule has 0 saturated heterocycles. The molecule has 3 nitrogen and oxygen atoms in total. The van der Waals surface area contributed by atoms with Crippen molar-refractivity contribution in [1.82, 2.24) is 4.40 Å². The Morgan fingerprint density at radius 1 is 1.11 bits per heavy atom. The lowest BCUT2D eigenvalue weighted by Gasteiger charge is -2.04. The Morgan fingerprint density at radius 3 is 2.58 bits per heavy atom. The van der Waals surface area contributed by atoms with Crippen molar-refractivity contribution in [2.75, 3.05) is 0 Å². The SMILES string of the molecule is Cc1cc2ccccn2c1C(=O)c1ccc(O)cc1. The average Bonchev–Trinajstić information content (AvgIpc) is 2.74. The van der Waals surface area contributed by atoms with E-state index in [9.17, 15) is 9.90 Å². The molecular formula is C16H13NO2. The molecule has 3 heteroatoms. The predicted molar refractivity (Wildman–Crippen MR) is 73.7 cm³/mol. The number of nitrogens with zero attached hydrogens (tertiary/aromatic N) is 1. The molecule has 3 rings (SSSR count). The summed E-state index contributed by atoms with van der Waals surface area (Å²) in [5.74, 6) is 0.122. The molecule has 0 spiro atoms. The van der Waals surface area contributed by atoms with Crippen LogP contribution in [0, 0.1) is 6.92 Å². The van der Waals surface area contributed by atoms with Crippen LogP contribution < -0.4 is 0 Å². The number of hydrogen-bond donors (Lipinski definition) is 1. The molecular weight excluding hydrogens is 238 g/mol. The minimum Gasteiger partial charge on any atom is -0.508 e. The number of fused-ring (bicyclic) bond motifs is 1. The summed E-state index contributed by atoms with van der Waals surface area (Å²) in [7, 11) is 0. The molecule has 0 unspecified atom stereocenters. The summed E-state index contributed by atoms with van der Waals surface area (Å²) < 4.78 is 1.89. The van der Waals surface area contributed by atoms with Gasteiger partial charge in [-0.2, -0.15) is 0 Å². The Morgan fingerprint density at radius 2 is 1.84 bits per heavy atom. The van der Waals surface area contributed by atoms with Crippen LogP contribution in [0.5, 0.6) is 5.75 Å². The smallest absolute Gasteiger partial charge is 0.210 e. The monoisotopic (exact) mass is 251 g/mol. The lowest BCUT2D eigenvalue weighted by Crippen LogP contribution is -2.06. The van der Waals surface area contributed by atoms with Gasteiger partial charge in [0.25, 0.3) is 0 Å². The van der Waals surface area contributed by atoms with Crippen LogP contribution in [0.15, 0.2) is 54.7 Å². The number of ketones is 1. The molecule has 0 aliphatic carbocycles. The molecule has 0 atom stereocenters. The summed E-state index contributed by atoms with van der Waals surface area (Å²) in [6.07, 6.45) is 1.88. The largest absolute Gasteiger partial charge is 0.508 e. The maximum Gasteiger partial charge on any atom is 0.210 e. The van der Waals surface area contributed by atoms with E-state index in [0.717, 1.165) is 11.1 Å². The minimum absolute atomic E-state index is 0.0382. The number of phenols is 1. The second-order valence-corrected chi connectivity index (χ2v) is 4.55. The van der Waals surface area contributed by atoms with Crippen LogP contribution >= 0.6 is 0 Å². The number of carbonyl (C=O) groups is 1. The molecule has 3 aromatic rings. The third kappa shape index (κ3) is 1.89. The second-order valence-electron chi connectivity index (χ2n) is 4.55. The summed E-state index contributed by atoms with van der Waals surface area (Å²) in [6.45, 7) is 1.93. The molecule has 19 heavy (non-hydrogen) atoms. The zero-order valence-electron chi connectivity index (χ0n) is 10.5. The number of aryl methyl sites for hydroxylation is 1. The van der Waals surface area contributed by atoms with Crippen LogP contribution in [0.1, 0.15) is 21.6 Å². The van der Waals surface area contributed by atoms with Crippen LogP contribution in [0.3, 0.4) is 0 Å². The molecule has 0 saturated carbocycles. The molecule has 0 amide bonds. The summed E-state index contributed by atoms with van der Waals surface area (Å²) in [5, 5.41) is 9.28. The standard InChI is InChI=1S/C16H13NO2/c1-11-10-13-4-2-3-9-17(13)15(11)16(19)12-5-7-14(18)8-6-12/h2-10,18H,1H3. The molecule has 2 heterocycles. The van der Waals surface area contributed by atoms with Gasteiger partial charge in [-0.05, 0) is 55.0 Å². The highest BCUT2D eigenvalue weighted by Crippen LogP contribution is 2.20. The fraction of sp³-hybridized carbons (Fsp3) is 0.0625. The van der Waals surface area contributed by atoms with Crippen LogP contribution in [-0.2, 0) is 0 Å². The normalized spacial score (nSPS) is 10.8. The molecule has 0 fully saturated rings. The van der Waals surface area contributed by atoms with Crippen LogP contribution in [-0.4, -0.2) is 15.3 Å². The van der Waals surface area contributed by atoms with Crippen LogP contribution in [0.2, 0.25) is 0 Å². The van der Waals surface area contributed by atoms with E-state index in [4.69, 9.17) is 0 Å². The van der Waals surface area contributed by atoms with Gasteiger partial charge in [-0.3, -0.25) is 4.79 Å². The predicted octanol–water partition coefficient (Wildman–Crippen LogP) is 3.18. The third-order valence-corrected chi connectivity index (χ3v) is 3.21. The molecule has 1 aromatic carbocycles. The first-order chi connectivity index (χ1) is 9.16. The zero-order valence-corrected chi connectivity index (χ0v) is 10.5. The maximum absolute atomic E-state index is 12.6. The Balaban J connectivity index is 2.16. The summed E-state index contributed by atoms with van der Waals surface area (Å²) in [5.41, 5.74) is 3.19. The minimum atomic E-state index is -0.0382. The van der Waals surface area contributed by atoms with Crippen molar-refractivity contribution in [2.24, 2.45) is 0 Å². The lowest BCUT2D eigenvalue weighted by atomic mass is 10.1. The summed E-state index contributed by atoms with van der Waals surface area (Å²) in [6, 6.07) is 14.1. The van der Waals surface area contributed by atoms with E-state index in [0.29, 0.717) is 11.3 Å². The van der Waals surface area contributed by atoms with Crippen molar-refractivity contribution >= 4 is 11.3 Å². The van der Waals surface area contributed by atoms with Gasteiger partial charge in [-0.1, -0.05) is 6.07 Å². The highest BCUT2D eigenvalue weighted by atomic mass is 16.3. The van der Waals surface area contributed by atoms with Crippen molar-refractivity contribution < 1.29 is 9.90 Å². The lowest BCUT2D eigenvalue weighted by molar-refractivity contribution is 0.103. The van der Waals surface area contributed by atoms with Gasteiger partial charge in [0.2, 0.25) is 5.78 Å². The van der Waals surface area contributed by atoms with E-state index in [1.807, 2.05) is 41.8 Å². The Kier molecular flexibility index (Phi) is 2.60. The van der Waals surface area contributed by atoms with Gasteiger partial charge in [0, 0.05) is 17.3 Å². The van der Waals surface area contributed by atoms with Crippen LogP contribution in [0.4, 0.5) is 0 Å². The van der Waals surface area contributed by atoms with Gasteiger partial charge in [0.15, 0.2) is 0 Å². The van der Waals surface area contributed by atoms with Gasteiger partial charge in [-0.15, -0.1) is 0 Å². The number of phenolic OH excluding ortho intramolecular Hbond substituents is 1. The number of hydrogen-bond acceptors (Lipinski definition) is 2. The molecule has 94 valence electrons. The molecule has 0 radical (unpaired) electrons. The van der Waals surface area contributed by atoms with Gasteiger partial charge >= 0.3 is 0 Å². The fourth-order valence-corrected chi connectivity index (χ4v) is 2.30. The average molecular weight is 251 g/mol. The Hall–Kier alpha value is -2.55. The van der Waals surface area contributed by atoms with Gasteiger partial charge in [0.05, 0.1) is 5.69 Å². The molecule has 2 aromatic heterocycles. The van der Waals surface area contributed by atoms with Gasteiger partial charge in [-0.25, -0.2) is 0 Å². The number of aromatic nitrogens is 1. The van der Waals surface area contributed by atoms with Gasteiger partial charge in [0.1, 0.15) is 5.75 Å². The van der Waals surface area contributed by atoms with Gasteiger partial charge < -0.3 is 9.51 Å². The Labute approximate surface area is 110 Å². The molecule has 0 bridgehead atoms. The van der Waals surface area contributed by atoms with E-state index in [2.05, 4.69) is 0 Å². The summed E-state index contributed by atoms with van der Waals surface area (Å²) >= 11 is 0. The maximum atomic E-state index is 12.6. The number of rotatable bonds is 2. The number of benzene rings is 1. The van der Waals surface area contributed by atoms with Crippen molar-refractivity contribution in [3.05, 3.63) is 71.5 Å². The molecule has 0 aliphatic heterocycles. The Bertz CT molecular complexity index is 754. The van der Waals surface area contributed by atoms with Crippen molar-refractivity contribution in [3.63, 3.8) is 0 Å². The number of pyridine rings is 1. The number of carbonyl (C=O) groups excluding carboxylic acids is 1. The van der Waals surface area contributed by atoms with E-state index in [1.54, 1.807) is 12.1 Å². The highest BCUT2D eigenvalue weighted by molar-refractivity contribution is 6.09. The van der Waals surface area contributed by atoms with E-state index >= 15 is 0 Å². The van der Waals surface area contributed by atoms with Crippen molar-refractivity contribution in [1.29, 1.82) is 0 Å². The topological polar surface area (TPSA) is 41.7 Å². The first-order valence-corrected chi connectivity index (χ1v) is 6.07. The highest BCUT2D eigenvalue weighted by Gasteiger charge is 2.16. The first kappa shape index (κ1) is 11.5. The van der Waals surface area contributed by atoms with E-state index < -0.39 is 0 Å². The zero-order chi connectivity index (χ0) is 13.4. The molecule has 0 aliphatic rings. The third-order valence-electron chi connectivity index (χ3n) is 3.21. The first-order valence-electron chi connectivity index (χ1n) is 6.07. The molecule has 1 N–H and O–H groups in total. The van der Waals surface area contributed by atoms with Crippen molar-refractivity contribution in [3.8, 4) is 5.75 Å². The second kappa shape index (κ2) is 4.28. The van der Waals surface area contributed by atoms with E-state index in [1.165, 1.54) is 12.1 Å². The quantitative estimate of drug-likeness (QED) is 0.711. The van der Waals surface area contributed by atoms with Crippen LogP contribution in [0.25, 0.3) is 5.52 Å². The number of aromatic hydroxyl groups is 1.